The number of rotatable bonds is 4. The van der Waals surface area contributed by atoms with Gasteiger partial charge in [-0.25, -0.2) is 4.98 Å². The van der Waals surface area contributed by atoms with Crippen LogP contribution in [0, 0.1) is 6.92 Å². The van der Waals surface area contributed by atoms with Crippen molar-refractivity contribution in [1.29, 1.82) is 0 Å². The molecule has 1 aromatic heterocycles. The minimum absolute atomic E-state index is 0.0492. The average Bonchev–Trinajstić information content (AvgIpc) is 2.91. The molecule has 0 fully saturated rings. The largest absolute Gasteiger partial charge is 0.328 e. The number of nitrogens with zero attached hydrogens (tertiary/aromatic N) is 2. The molecule has 0 bridgehead atoms. The van der Waals surface area contributed by atoms with Crippen LogP contribution in [-0.2, 0) is 18.5 Å². The zero-order valence-corrected chi connectivity index (χ0v) is 13.6. The third-order valence-electron chi connectivity index (χ3n) is 4.69. The molecule has 0 amide bonds. The van der Waals surface area contributed by atoms with Crippen LogP contribution in [0.5, 0.6) is 0 Å². The molecule has 0 saturated carbocycles. The number of aromatic nitrogens is 1. The normalized spacial score (nSPS) is 21.5. The smallest absolute Gasteiger partial charge is 0.0897 e. The predicted molar refractivity (Wildman–Crippen MR) is 88.4 cm³/mol. The molecule has 2 aromatic rings. The average molecular weight is 301 g/mol. The lowest BCUT2D eigenvalue weighted by Crippen LogP contribution is -2.51. The topological polar surface area (TPSA) is 42.2 Å². The van der Waals surface area contributed by atoms with Crippen LogP contribution in [0.15, 0.2) is 29.6 Å². The van der Waals surface area contributed by atoms with Gasteiger partial charge in [-0.2, -0.15) is 0 Å². The molecule has 2 N–H and O–H groups in total. The minimum atomic E-state index is -0.0492. The molecule has 3 rings (SSSR count). The van der Waals surface area contributed by atoms with Gasteiger partial charge in [-0.3, -0.25) is 4.90 Å². The van der Waals surface area contributed by atoms with Gasteiger partial charge in [0.2, 0.25) is 0 Å². The fourth-order valence-corrected chi connectivity index (χ4v) is 4.14. The summed E-state index contributed by atoms with van der Waals surface area (Å²) in [5.74, 6) is 0. The zero-order valence-electron chi connectivity index (χ0n) is 12.8. The van der Waals surface area contributed by atoms with E-state index >= 15 is 0 Å². The molecule has 4 heteroatoms. The highest BCUT2D eigenvalue weighted by atomic mass is 32.1. The molecule has 112 valence electrons. The van der Waals surface area contributed by atoms with Gasteiger partial charge in [-0.15, -0.1) is 11.3 Å². The summed E-state index contributed by atoms with van der Waals surface area (Å²) < 4.78 is 0. The van der Waals surface area contributed by atoms with Crippen LogP contribution >= 0.6 is 11.3 Å². The van der Waals surface area contributed by atoms with E-state index in [4.69, 9.17) is 5.73 Å². The van der Waals surface area contributed by atoms with Crippen molar-refractivity contribution in [1.82, 2.24) is 9.88 Å². The van der Waals surface area contributed by atoms with Crippen molar-refractivity contribution >= 4 is 11.3 Å². The van der Waals surface area contributed by atoms with E-state index in [9.17, 15) is 0 Å². The Morgan fingerprint density at radius 3 is 2.90 bits per heavy atom. The highest BCUT2D eigenvalue weighted by Crippen LogP contribution is 2.39. The number of benzene rings is 1. The van der Waals surface area contributed by atoms with Gasteiger partial charge < -0.3 is 5.73 Å². The summed E-state index contributed by atoms with van der Waals surface area (Å²) >= 11 is 1.72. The molecule has 1 atom stereocenters. The molecule has 21 heavy (non-hydrogen) atoms. The molecule has 0 radical (unpaired) electrons. The Labute approximate surface area is 130 Å². The van der Waals surface area contributed by atoms with Gasteiger partial charge in [-0.1, -0.05) is 24.3 Å². The third-order valence-corrected chi connectivity index (χ3v) is 5.51. The number of aryl methyl sites for hydroxylation is 2. The maximum atomic E-state index is 6.25. The first-order valence-corrected chi connectivity index (χ1v) is 8.44. The van der Waals surface area contributed by atoms with E-state index in [1.807, 2.05) is 0 Å². The Bertz CT molecular complexity index is 622. The van der Waals surface area contributed by atoms with Gasteiger partial charge in [0.25, 0.3) is 0 Å². The highest BCUT2D eigenvalue weighted by molar-refractivity contribution is 7.09. The van der Waals surface area contributed by atoms with Crippen LogP contribution in [0.1, 0.15) is 34.7 Å². The van der Waals surface area contributed by atoms with Crippen molar-refractivity contribution in [3.8, 4) is 0 Å². The summed E-state index contributed by atoms with van der Waals surface area (Å²) in [6.07, 6.45) is 3.50. The van der Waals surface area contributed by atoms with E-state index in [0.29, 0.717) is 6.54 Å². The Morgan fingerprint density at radius 1 is 1.38 bits per heavy atom. The monoisotopic (exact) mass is 301 g/mol. The Hall–Kier alpha value is -1.23. The molecule has 1 aromatic carbocycles. The van der Waals surface area contributed by atoms with Crippen LogP contribution < -0.4 is 5.73 Å². The quantitative estimate of drug-likeness (QED) is 0.943. The third kappa shape index (κ3) is 2.63. The first kappa shape index (κ1) is 14.7. The maximum Gasteiger partial charge on any atom is 0.0897 e. The van der Waals surface area contributed by atoms with Crippen molar-refractivity contribution in [2.24, 2.45) is 5.73 Å². The maximum absolute atomic E-state index is 6.25. The van der Waals surface area contributed by atoms with Crippen molar-refractivity contribution in [3.05, 3.63) is 51.5 Å². The first-order valence-electron chi connectivity index (χ1n) is 7.56. The second-order valence-corrected chi connectivity index (χ2v) is 7.02. The van der Waals surface area contributed by atoms with Crippen LogP contribution in [0.25, 0.3) is 0 Å². The van der Waals surface area contributed by atoms with Gasteiger partial charge in [0.15, 0.2) is 0 Å². The summed E-state index contributed by atoms with van der Waals surface area (Å²) in [6, 6.07) is 8.77. The first-order chi connectivity index (χ1) is 10.2. The van der Waals surface area contributed by atoms with E-state index in [2.05, 4.69) is 53.5 Å². The van der Waals surface area contributed by atoms with E-state index in [-0.39, 0.29) is 5.54 Å². The fraction of sp³-hybridized carbons (Fsp3) is 0.471. The van der Waals surface area contributed by atoms with Crippen molar-refractivity contribution in [2.75, 3.05) is 13.6 Å². The summed E-state index contributed by atoms with van der Waals surface area (Å²) in [5, 5.41) is 3.29. The van der Waals surface area contributed by atoms with Crippen LogP contribution in [-0.4, -0.2) is 23.5 Å². The minimum Gasteiger partial charge on any atom is -0.328 e. The van der Waals surface area contributed by atoms with Gasteiger partial charge in [0, 0.05) is 18.5 Å². The summed E-state index contributed by atoms with van der Waals surface area (Å²) in [7, 11) is 2.18. The van der Waals surface area contributed by atoms with Crippen LogP contribution in [0.3, 0.4) is 0 Å². The van der Waals surface area contributed by atoms with Crippen LogP contribution in [0.4, 0.5) is 0 Å². The molecule has 0 aliphatic heterocycles. The fourth-order valence-electron chi connectivity index (χ4n) is 3.54. The lowest BCUT2D eigenvalue weighted by atomic mass is 9.75. The van der Waals surface area contributed by atoms with Crippen molar-refractivity contribution in [2.45, 2.75) is 38.3 Å². The van der Waals surface area contributed by atoms with E-state index in [1.165, 1.54) is 24.0 Å². The zero-order chi connectivity index (χ0) is 14.9. The molecule has 0 saturated heterocycles. The number of likely N-dealkylation sites (N-methyl/N-ethyl adjacent to an activating group) is 1. The van der Waals surface area contributed by atoms with Gasteiger partial charge in [0.05, 0.1) is 16.2 Å². The number of hydrogen-bond donors (Lipinski definition) is 1. The van der Waals surface area contributed by atoms with Crippen molar-refractivity contribution in [3.63, 3.8) is 0 Å². The highest BCUT2D eigenvalue weighted by Gasteiger charge is 2.38. The lowest BCUT2D eigenvalue weighted by molar-refractivity contribution is 0.0947. The number of fused-ring (bicyclic) bond motifs is 1. The van der Waals surface area contributed by atoms with E-state index < -0.39 is 0 Å². The van der Waals surface area contributed by atoms with E-state index in [0.717, 1.165) is 23.7 Å². The second-order valence-electron chi connectivity index (χ2n) is 5.96. The Kier molecular flexibility index (Phi) is 4.11. The molecule has 3 nitrogen and oxygen atoms in total. The van der Waals surface area contributed by atoms with Gasteiger partial charge in [0.1, 0.15) is 0 Å². The standard InChI is InChI=1S/C17H23N3S/c1-13-19-15(11-21-13)10-20(2)17(12-18)9-5-7-14-6-3-4-8-16(14)17/h3-4,6,8,11H,5,7,9-10,12,18H2,1-2H3. The molecule has 1 aliphatic carbocycles. The lowest BCUT2D eigenvalue weighted by Gasteiger charge is -2.45. The number of hydrogen-bond acceptors (Lipinski definition) is 4. The van der Waals surface area contributed by atoms with Gasteiger partial charge in [-0.05, 0) is 44.4 Å². The second kappa shape index (κ2) is 5.87. The number of nitrogens with two attached hydrogens (primary N) is 1. The molecule has 1 heterocycles. The molecule has 1 aliphatic rings. The van der Waals surface area contributed by atoms with Crippen LogP contribution in [0.2, 0.25) is 0 Å². The van der Waals surface area contributed by atoms with Gasteiger partial charge >= 0.3 is 0 Å². The van der Waals surface area contributed by atoms with Crippen molar-refractivity contribution < 1.29 is 0 Å². The Balaban J connectivity index is 1.93. The predicted octanol–water partition coefficient (Wildman–Crippen LogP) is 3.07. The summed E-state index contributed by atoms with van der Waals surface area (Å²) in [4.78, 5) is 7.01. The number of thiazole rings is 1. The molecule has 0 spiro atoms. The van der Waals surface area contributed by atoms with E-state index in [1.54, 1.807) is 11.3 Å². The Morgan fingerprint density at radius 2 is 2.19 bits per heavy atom. The molecular formula is C17H23N3S. The molecule has 1 unspecified atom stereocenters. The summed E-state index contributed by atoms with van der Waals surface area (Å²) in [5.41, 5.74) is 10.2. The SMILES string of the molecule is Cc1nc(CN(C)C2(CN)CCCc3ccccc32)cs1. The molecular weight excluding hydrogens is 278 g/mol. The summed E-state index contributed by atoms with van der Waals surface area (Å²) in [6.45, 7) is 3.57.